The van der Waals surface area contributed by atoms with Crippen LogP contribution < -0.4 is 4.74 Å². The molecule has 2 heterocycles. The van der Waals surface area contributed by atoms with Gasteiger partial charge in [-0.25, -0.2) is 0 Å². The number of halogens is 3. The number of aliphatic hydroxyl groups excluding tert-OH is 8. The summed E-state index contributed by atoms with van der Waals surface area (Å²) in [5.74, 6) is 8.77. The van der Waals surface area contributed by atoms with Crippen molar-refractivity contribution in [3.05, 3.63) is 29.3 Å². The molecule has 0 radical (unpaired) electrons. The van der Waals surface area contributed by atoms with Gasteiger partial charge in [0.25, 0.3) is 0 Å². The van der Waals surface area contributed by atoms with E-state index in [1.54, 1.807) is 0 Å². The molecule has 3 rings (SSSR count). The summed E-state index contributed by atoms with van der Waals surface area (Å²) in [6.07, 6.45) is -20.5. The number of hydrogen-bond donors (Lipinski definition) is 8. The zero-order valence-corrected chi connectivity index (χ0v) is 18.9. The van der Waals surface area contributed by atoms with Gasteiger partial charge in [-0.05, 0) is 18.2 Å². The van der Waals surface area contributed by atoms with Gasteiger partial charge >= 0.3 is 6.36 Å². The van der Waals surface area contributed by atoms with E-state index in [1.807, 2.05) is 0 Å². The summed E-state index contributed by atoms with van der Waals surface area (Å²) < 4.78 is 53.4. The molecule has 2 saturated heterocycles. The van der Waals surface area contributed by atoms with E-state index in [9.17, 15) is 54.0 Å². The van der Waals surface area contributed by atoms with Gasteiger partial charge in [-0.2, -0.15) is 0 Å². The molecular formula is C23H25F3O11. The van der Waals surface area contributed by atoms with Crippen LogP contribution >= 0.6 is 0 Å². The van der Waals surface area contributed by atoms with E-state index in [0.29, 0.717) is 0 Å². The highest BCUT2D eigenvalue weighted by Crippen LogP contribution is 2.28. The summed E-state index contributed by atoms with van der Waals surface area (Å²) in [5.41, 5.74) is -0.359. The van der Waals surface area contributed by atoms with Crippen LogP contribution in [0, 0.1) is 23.7 Å². The average Bonchev–Trinajstić information content (AvgIpc) is 2.85. The second kappa shape index (κ2) is 11.9. The minimum Gasteiger partial charge on any atom is -0.404 e. The zero-order chi connectivity index (χ0) is 27.5. The van der Waals surface area contributed by atoms with E-state index in [0.717, 1.165) is 12.1 Å². The van der Waals surface area contributed by atoms with Crippen LogP contribution in [0.4, 0.5) is 13.2 Å². The molecule has 37 heavy (non-hydrogen) atoms. The number of benzene rings is 1. The van der Waals surface area contributed by atoms with E-state index >= 15 is 0 Å². The number of hydrogen-bond acceptors (Lipinski definition) is 11. The lowest BCUT2D eigenvalue weighted by atomic mass is 9.95. The van der Waals surface area contributed by atoms with E-state index in [2.05, 4.69) is 28.4 Å². The first-order valence-corrected chi connectivity index (χ1v) is 10.9. The Labute approximate surface area is 208 Å². The molecule has 0 aromatic heterocycles. The molecular weight excluding hydrogens is 509 g/mol. The van der Waals surface area contributed by atoms with Gasteiger partial charge < -0.3 is 55.1 Å². The maximum absolute atomic E-state index is 13.0. The Morgan fingerprint density at radius 3 is 1.68 bits per heavy atom. The van der Waals surface area contributed by atoms with Crippen molar-refractivity contribution in [2.75, 3.05) is 13.2 Å². The van der Waals surface area contributed by atoms with Crippen molar-refractivity contribution in [3.8, 4) is 29.4 Å². The molecule has 0 aliphatic carbocycles. The SMILES string of the molecule is OCC1OC(C#Cc2ccc(C#CC3OC(CO)C(O)C(O)C3O)c(OC(F)(F)F)c2)C(O)C(O)C1O. The third kappa shape index (κ3) is 6.90. The minimum absolute atomic E-state index is 0.0467. The lowest BCUT2D eigenvalue weighted by Crippen LogP contribution is -2.58. The fourth-order valence-electron chi connectivity index (χ4n) is 3.66. The Hall–Kier alpha value is -2.47. The molecule has 14 heteroatoms. The number of ether oxygens (including phenoxy) is 3. The molecule has 0 amide bonds. The second-order valence-corrected chi connectivity index (χ2v) is 8.30. The fraction of sp³-hybridized carbons (Fsp3) is 0.565. The maximum Gasteiger partial charge on any atom is 0.573 e. The average molecular weight is 534 g/mol. The van der Waals surface area contributed by atoms with E-state index < -0.39 is 86.4 Å². The van der Waals surface area contributed by atoms with Gasteiger partial charge in [-0.1, -0.05) is 23.7 Å². The van der Waals surface area contributed by atoms with Gasteiger partial charge in [0.2, 0.25) is 0 Å². The number of alkyl halides is 3. The first-order valence-electron chi connectivity index (χ1n) is 10.9. The normalized spacial score (nSPS) is 36.1. The van der Waals surface area contributed by atoms with Gasteiger partial charge in [-0.3, -0.25) is 0 Å². The van der Waals surface area contributed by atoms with Crippen LogP contribution in [-0.4, -0.2) is 121 Å². The Balaban J connectivity index is 1.88. The molecule has 0 saturated carbocycles. The Bertz CT molecular complexity index is 1060. The van der Waals surface area contributed by atoms with Crippen molar-refractivity contribution >= 4 is 0 Å². The minimum atomic E-state index is -5.12. The molecule has 2 aliphatic rings. The summed E-state index contributed by atoms with van der Waals surface area (Å²) in [6, 6.07) is 3.23. The largest absolute Gasteiger partial charge is 0.573 e. The van der Waals surface area contributed by atoms with Gasteiger partial charge in [0.05, 0.1) is 18.8 Å². The van der Waals surface area contributed by atoms with Crippen molar-refractivity contribution in [3.63, 3.8) is 0 Å². The number of aliphatic hydroxyl groups is 8. The van der Waals surface area contributed by atoms with E-state index in [-0.39, 0.29) is 11.1 Å². The Kier molecular flexibility index (Phi) is 9.38. The maximum atomic E-state index is 13.0. The van der Waals surface area contributed by atoms with Crippen LogP contribution in [0.1, 0.15) is 11.1 Å². The van der Waals surface area contributed by atoms with Crippen molar-refractivity contribution in [2.45, 2.75) is 67.4 Å². The molecule has 10 unspecified atom stereocenters. The van der Waals surface area contributed by atoms with Crippen LogP contribution in [0.25, 0.3) is 0 Å². The molecule has 1 aromatic carbocycles. The van der Waals surface area contributed by atoms with Crippen LogP contribution in [0.15, 0.2) is 18.2 Å². The molecule has 1 aromatic rings. The summed E-state index contributed by atoms with van der Waals surface area (Å²) >= 11 is 0. The molecule has 0 spiro atoms. The highest BCUT2D eigenvalue weighted by Gasteiger charge is 2.43. The first kappa shape index (κ1) is 29.1. The highest BCUT2D eigenvalue weighted by atomic mass is 19.4. The molecule has 10 atom stereocenters. The molecule has 2 fully saturated rings. The fourth-order valence-corrected chi connectivity index (χ4v) is 3.66. The molecule has 0 bridgehead atoms. The second-order valence-electron chi connectivity index (χ2n) is 8.30. The van der Waals surface area contributed by atoms with Crippen molar-refractivity contribution in [1.29, 1.82) is 0 Å². The first-order chi connectivity index (χ1) is 17.4. The molecule has 204 valence electrons. The Morgan fingerprint density at radius 1 is 0.730 bits per heavy atom. The predicted octanol–water partition coefficient (Wildman–Crippen LogP) is -3.03. The van der Waals surface area contributed by atoms with Gasteiger partial charge in [0.1, 0.15) is 66.8 Å². The van der Waals surface area contributed by atoms with E-state index in [1.165, 1.54) is 6.07 Å². The highest BCUT2D eigenvalue weighted by molar-refractivity contribution is 5.52. The zero-order valence-electron chi connectivity index (χ0n) is 18.9. The molecule has 11 nitrogen and oxygen atoms in total. The van der Waals surface area contributed by atoms with Gasteiger partial charge in [-0.15, -0.1) is 13.2 Å². The van der Waals surface area contributed by atoms with Gasteiger partial charge in [0, 0.05) is 5.56 Å². The summed E-state index contributed by atoms with van der Waals surface area (Å²) in [5, 5.41) is 77.9. The van der Waals surface area contributed by atoms with Crippen LogP contribution in [-0.2, 0) is 9.47 Å². The van der Waals surface area contributed by atoms with Crippen LogP contribution in [0.2, 0.25) is 0 Å². The summed E-state index contributed by atoms with van der Waals surface area (Å²) in [4.78, 5) is 0. The predicted molar refractivity (Wildman–Crippen MR) is 114 cm³/mol. The molecule has 8 N–H and O–H groups in total. The third-order valence-electron chi connectivity index (χ3n) is 5.70. The summed E-state index contributed by atoms with van der Waals surface area (Å²) in [6.45, 7) is -1.40. The van der Waals surface area contributed by atoms with Crippen molar-refractivity contribution in [1.82, 2.24) is 0 Å². The van der Waals surface area contributed by atoms with Gasteiger partial charge in [0.15, 0.2) is 0 Å². The smallest absolute Gasteiger partial charge is 0.404 e. The number of rotatable bonds is 3. The quantitative estimate of drug-likeness (QED) is 0.184. The molecule has 2 aliphatic heterocycles. The lowest BCUT2D eigenvalue weighted by Gasteiger charge is -2.37. The van der Waals surface area contributed by atoms with Crippen LogP contribution in [0.3, 0.4) is 0 Å². The lowest BCUT2D eigenvalue weighted by molar-refractivity contribution is -0.274. The monoisotopic (exact) mass is 534 g/mol. The standard InChI is InChI=1S/C23H25F3O11/c24-23(25,26)37-14-7-10(2-5-12-17(29)21(33)19(31)15(8-27)35-12)1-3-11(14)4-6-13-18(30)22(34)20(32)16(9-28)36-13/h1,3,7,12-13,15-22,27-34H,8-9H2. The van der Waals surface area contributed by atoms with Crippen molar-refractivity contribution < 1.29 is 68.2 Å². The van der Waals surface area contributed by atoms with E-state index in [4.69, 9.17) is 9.47 Å². The third-order valence-corrected chi connectivity index (χ3v) is 5.70. The Morgan fingerprint density at radius 2 is 1.22 bits per heavy atom. The summed E-state index contributed by atoms with van der Waals surface area (Å²) in [7, 11) is 0. The van der Waals surface area contributed by atoms with Crippen LogP contribution in [0.5, 0.6) is 5.75 Å². The topological polar surface area (TPSA) is 190 Å². The van der Waals surface area contributed by atoms with Crippen molar-refractivity contribution in [2.24, 2.45) is 0 Å².